The van der Waals surface area contributed by atoms with Crippen molar-refractivity contribution in [2.45, 2.75) is 88.6 Å². The van der Waals surface area contributed by atoms with Crippen LogP contribution in [0.3, 0.4) is 0 Å². The Labute approximate surface area is 253 Å². The number of rotatable bonds is 17. The Kier molecular flexibility index (Phi) is 13.0. The number of fused-ring (bicyclic) bond motifs is 1. The molecule has 3 rings (SSSR count). The molecule has 0 aliphatic carbocycles. The minimum Gasteiger partial charge on any atom is -0.494 e. The van der Waals surface area contributed by atoms with Crippen LogP contribution in [0.1, 0.15) is 88.7 Å². The van der Waals surface area contributed by atoms with Crippen molar-refractivity contribution in [3.63, 3.8) is 0 Å². The van der Waals surface area contributed by atoms with Gasteiger partial charge in [0.05, 0.1) is 29.9 Å². The van der Waals surface area contributed by atoms with Crippen LogP contribution < -0.4 is 15.0 Å². The minimum atomic E-state index is -3.14. The lowest BCUT2D eigenvalue weighted by atomic mass is 9.68. The Morgan fingerprint density at radius 1 is 1.00 bits per heavy atom. The monoisotopic (exact) mass is 604 g/mol. The molecule has 2 aromatic rings. The van der Waals surface area contributed by atoms with Gasteiger partial charge in [0, 0.05) is 31.1 Å². The van der Waals surface area contributed by atoms with Crippen molar-refractivity contribution in [1.82, 2.24) is 5.32 Å². The number of unbranched alkanes of at least 4 members (excludes halogenated alkanes) is 4. The van der Waals surface area contributed by atoms with Gasteiger partial charge in [0.15, 0.2) is 0 Å². The van der Waals surface area contributed by atoms with Crippen molar-refractivity contribution in [3.8, 4) is 5.75 Å². The normalized spacial score (nSPS) is 19.9. The Bertz CT molecular complexity index is 1120. The van der Waals surface area contributed by atoms with E-state index in [1.165, 1.54) is 0 Å². The number of carboxylic acid groups (broad SMARTS) is 1. The third kappa shape index (κ3) is 8.86. The van der Waals surface area contributed by atoms with E-state index in [4.69, 9.17) is 9.84 Å². The molecule has 0 radical (unpaired) electrons. The van der Waals surface area contributed by atoms with Gasteiger partial charge in [-0.3, -0.25) is 13.9 Å². The van der Waals surface area contributed by atoms with E-state index in [2.05, 4.69) is 19.2 Å². The molecule has 9 heteroatoms. The van der Waals surface area contributed by atoms with Gasteiger partial charge in [0.1, 0.15) is 5.75 Å². The van der Waals surface area contributed by atoms with Crippen LogP contribution in [0.2, 0.25) is 0 Å². The zero-order valence-corrected chi connectivity index (χ0v) is 26.7. The second kappa shape index (κ2) is 16.0. The van der Waals surface area contributed by atoms with E-state index in [0.29, 0.717) is 18.0 Å². The van der Waals surface area contributed by atoms with Crippen molar-refractivity contribution in [3.05, 3.63) is 53.6 Å². The Hall–Kier alpha value is -2.30. The highest BCUT2D eigenvalue weighted by atomic mass is 32.3. The van der Waals surface area contributed by atoms with E-state index in [1.54, 1.807) is 0 Å². The van der Waals surface area contributed by atoms with E-state index >= 15 is 0 Å². The number of carboxylic acids is 1. The van der Waals surface area contributed by atoms with Crippen LogP contribution in [0.5, 0.6) is 5.75 Å². The molecule has 0 fully saturated rings. The van der Waals surface area contributed by atoms with Crippen LogP contribution in [0.15, 0.2) is 47.4 Å². The van der Waals surface area contributed by atoms with Crippen molar-refractivity contribution in [2.24, 2.45) is 5.41 Å². The standard InChI is InChI=1S/C33H52N2O6S/c1-5-7-18-33(19-8-6-2)24-42(39,40)29-17-14-26(35(3)4)22-28(29)31(32(33)38)25-12-15-27(16-13-25)41-21-11-9-10-20-34-23-30(36)37/h12-17,22,31-32,34,38-40H,5-11,18-21,23-24H2,1-4H3,(H,36,37). The summed E-state index contributed by atoms with van der Waals surface area (Å²) in [5, 5.41) is 23.9. The highest BCUT2D eigenvalue weighted by molar-refractivity contribution is 8.24. The zero-order chi connectivity index (χ0) is 30.8. The summed E-state index contributed by atoms with van der Waals surface area (Å²) in [6.07, 6.45) is 7.22. The molecule has 1 heterocycles. The fourth-order valence-electron chi connectivity index (χ4n) is 6.11. The molecule has 0 amide bonds. The molecule has 0 aromatic heterocycles. The van der Waals surface area contributed by atoms with E-state index < -0.39 is 34.0 Å². The van der Waals surface area contributed by atoms with Crippen LogP contribution in [0.25, 0.3) is 0 Å². The molecule has 1 aliphatic heterocycles. The van der Waals surface area contributed by atoms with Crippen molar-refractivity contribution >= 4 is 22.2 Å². The molecule has 5 N–H and O–H groups in total. The van der Waals surface area contributed by atoms with Crippen molar-refractivity contribution in [2.75, 3.05) is 44.4 Å². The predicted molar refractivity (Wildman–Crippen MR) is 172 cm³/mol. The molecule has 0 bridgehead atoms. The summed E-state index contributed by atoms with van der Waals surface area (Å²) in [6.45, 7) is 5.50. The average molecular weight is 605 g/mol. The molecule has 2 aromatic carbocycles. The minimum absolute atomic E-state index is 0.0172. The maximum atomic E-state index is 12.3. The van der Waals surface area contributed by atoms with Gasteiger partial charge in [-0.2, -0.15) is 10.6 Å². The SMILES string of the molecule is CCCCC1(CCCC)CS(O)(O)c2ccc(N(C)C)cc2C(c2ccc(OCCCCCNCC(=O)O)cc2)C1O. The predicted octanol–water partition coefficient (Wildman–Crippen LogP) is 6.96. The Balaban J connectivity index is 1.89. The number of benzene rings is 2. The number of aliphatic hydroxyl groups is 1. The molecular weight excluding hydrogens is 552 g/mol. The number of aliphatic carboxylic acids is 1. The summed E-state index contributed by atoms with van der Waals surface area (Å²) in [6, 6.07) is 13.7. The first kappa shape index (κ1) is 34.2. The largest absolute Gasteiger partial charge is 0.494 e. The lowest BCUT2D eigenvalue weighted by Crippen LogP contribution is -2.42. The number of aliphatic hydroxyl groups excluding tert-OH is 1. The van der Waals surface area contributed by atoms with Crippen molar-refractivity contribution < 1.29 is 28.8 Å². The number of carbonyl (C=O) groups is 1. The summed E-state index contributed by atoms with van der Waals surface area (Å²) >= 11 is 0. The molecule has 2 unspecified atom stereocenters. The van der Waals surface area contributed by atoms with Crippen LogP contribution >= 0.6 is 10.6 Å². The van der Waals surface area contributed by atoms with Crippen molar-refractivity contribution in [1.29, 1.82) is 0 Å². The molecule has 0 saturated carbocycles. The summed E-state index contributed by atoms with van der Waals surface area (Å²) in [4.78, 5) is 13.1. The molecule has 42 heavy (non-hydrogen) atoms. The van der Waals surface area contributed by atoms with E-state index in [1.807, 2.05) is 61.5 Å². The van der Waals surface area contributed by atoms with Crippen LogP contribution in [0.4, 0.5) is 5.69 Å². The third-order valence-electron chi connectivity index (χ3n) is 8.47. The summed E-state index contributed by atoms with van der Waals surface area (Å²) < 4.78 is 29.3. The number of hydrogen-bond acceptors (Lipinski definition) is 7. The first-order chi connectivity index (χ1) is 20.0. The van der Waals surface area contributed by atoms with Gasteiger partial charge in [0.2, 0.25) is 0 Å². The Morgan fingerprint density at radius 2 is 1.67 bits per heavy atom. The summed E-state index contributed by atoms with van der Waals surface area (Å²) in [5.41, 5.74) is 2.06. The average Bonchev–Trinajstić information content (AvgIpc) is 3.02. The topological polar surface area (TPSA) is 122 Å². The number of nitrogens with one attached hydrogen (secondary N) is 1. The van der Waals surface area contributed by atoms with Gasteiger partial charge in [-0.25, -0.2) is 0 Å². The lowest BCUT2D eigenvalue weighted by Gasteiger charge is -2.44. The second-order valence-corrected chi connectivity index (χ2v) is 14.0. The fraction of sp³-hybridized carbons (Fsp3) is 0.606. The second-order valence-electron chi connectivity index (χ2n) is 12.0. The highest BCUT2D eigenvalue weighted by Crippen LogP contribution is 2.62. The molecule has 8 nitrogen and oxygen atoms in total. The van der Waals surface area contributed by atoms with E-state index in [-0.39, 0.29) is 12.3 Å². The van der Waals surface area contributed by atoms with Gasteiger partial charge in [-0.1, -0.05) is 51.7 Å². The molecule has 2 atom stereocenters. The highest BCUT2D eigenvalue weighted by Gasteiger charge is 2.49. The smallest absolute Gasteiger partial charge is 0.317 e. The lowest BCUT2D eigenvalue weighted by molar-refractivity contribution is -0.135. The quantitative estimate of drug-likeness (QED) is 0.123. The van der Waals surface area contributed by atoms with Gasteiger partial charge in [-0.05, 0) is 80.1 Å². The maximum Gasteiger partial charge on any atom is 0.317 e. The molecule has 0 saturated heterocycles. The zero-order valence-electron chi connectivity index (χ0n) is 25.8. The third-order valence-corrected chi connectivity index (χ3v) is 10.5. The molecular formula is C33H52N2O6S. The number of hydrogen-bond donors (Lipinski definition) is 5. The van der Waals surface area contributed by atoms with E-state index in [9.17, 15) is 19.0 Å². The van der Waals surface area contributed by atoms with Crippen LogP contribution in [-0.4, -0.2) is 70.9 Å². The van der Waals surface area contributed by atoms with Gasteiger partial charge in [0.25, 0.3) is 0 Å². The van der Waals surface area contributed by atoms with Gasteiger partial charge < -0.3 is 25.2 Å². The number of ether oxygens (including phenoxy) is 1. The van der Waals surface area contributed by atoms with E-state index in [0.717, 1.165) is 80.4 Å². The first-order valence-electron chi connectivity index (χ1n) is 15.4. The first-order valence-corrected chi connectivity index (χ1v) is 17.2. The fourth-order valence-corrected chi connectivity index (χ4v) is 8.38. The van der Waals surface area contributed by atoms with Crippen LogP contribution in [-0.2, 0) is 4.79 Å². The number of anilines is 1. The Morgan fingerprint density at radius 3 is 2.26 bits per heavy atom. The molecule has 236 valence electrons. The maximum absolute atomic E-state index is 12.3. The summed E-state index contributed by atoms with van der Waals surface area (Å²) in [7, 11) is 0.795. The number of nitrogens with zero attached hydrogens (tertiary/aromatic N) is 1. The molecule has 0 spiro atoms. The van der Waals surface area contributed by atoms with Gasteiger partial charge >= 0.3 is 5.97 Å². The molecule has 1 aliphatic rings. The van der Waals surface area contributed by atoms with Gasteiger partial charge in [-0.15, -0.1) is 0 Å². The van der Waals surface area contributed by atoms with Crippen LogP contribution in [0, 0.1) is 5.41 Å². The summed E-state index contributed by atoms with van der Waals surface area (Å²) in [5.74, 6) is -0.324.